The van der Waals surface area contributed by atoms with Crippen LogP contribution in [0.5, 0.6) is 0 Å². The summed E-state index contributed by atoms with van der Waals surface area (Å²) >= 11 is 12.3. The second kappa shape index (κ2) is 5.52. The van der Waals surface area contributed by atoms with Crippen LogP contribution in [-0.4, -0.2) is 0 Å². The monoisotopic (exact) mass is 290 g/mol. The van der Waals surface area contributed by atoms with Gasteiger partial charge in [0.05, 0.1) is 22.0 Å². The lowest BCUT2D eigenvalue weighted by molar-refractivity contribution is 1.40. The molecule has 0 radical (unpaired) electrons. The molecule has 0 heterocycles. The highest BCUT2D eigenvalue weighted by Gasteiger charge is 2.08. The highest BCUT2D eigenvalue weighted by atomic mass is 35.5. The molecule has 0 saturated heterocycles. The number of hydrogen-bond donors (Lipinski definition) is 1. The first-order chi connectivity index (χ1) is 9.01. The van der Waals surface area contributed by atoms with Crippen LogP contribution < -0.4 is 5.32 Å². The number of nitrogens with zero attached hydrogens (tertiary/aromatic N) is 1. The molecule has 0 aliphatic rings. The van der Waals surface area contributed by atoms with Crippen molar-refractivity contribution in [1.29, 1.82) is 5.26 Å². The second-order valence-corrected chi connectivity index (χ2v) is 5.18. The summed E-state index contributed by atoms with van der Waals surface area (Å²) in [4.78, 5) is 0. The molecule has 2 rings (SSSR count). The van der Waals surface area contributed by atoms with Gasteiger partial charge < -0.3 is 5.32 Å². The first kappa shape index (κ1) is 13.7. The van der Waals surface area contributed by atoms with Gasteiger partial charge in [-0.3, -0.25) is 0 Å². The van der Waals surface area contributed by atoms with Gasteiger partial charge >= 0.3 is 0 Å². The number of benzene rings is 2. The van der Waals surface area contributed by atoms with Crippen LogP contribution in [0.3, 0.4) is 0 Å². The van der Waals surface area contributed by atoms with E-state index in [0.717, 1.165) is 16.8 Å². The van der Waals surface area contributed by atoms with E-state index in [9.17, 15) is 0 Å². The Labute approximate surface area is 122 Å². The van der Waals surface area contributed by atoms with Crippen molar-refractivity contribution in [1.82, 2.24) is 0 Å². The van der Waals surface area contributed by atoms with E-state index in [-0.39, 0.29) is 0 Å². The van der Waals surface area contributed by atoms with Gasteiger partial charge in [0, 0.05) is 5.02 Å². The summed E-state index contributed by atoms with van der Waals surface area (Å²) in [6.45, 7) is 3.84. The van der Waals surface area contributed by atoms with Crippen LogP contribution in [0.25, 0.3) is 0 Å². The van der Waals surface area contributed by atoms with Gasteiger partial charge in [-0.25, -0.2) is 0 Å². The van der Waals surface area contributed by atoms with E-state index >= 15 is 0 Å². The highest BCUT2D eigenvalue weighted by Crippen LogP contribution is 2.32. The third-order valence-electron chi connectivity index (χ3n) is 2.81. The summed E-state index contributed by atoms with van der Waals surface area (Å²) in [6, 6.07) is 11.3. The van der Waals surface area contributed by atoms with Crippen LogP contribution in [0.2, 0.25) is 10.0 Å². The summed E-state index contributed by atoms with van der Waals surface area (Å²) in [5.41, 5.74) is 3.94. The van der Waals surface area contributed by atoms with Crippen LogP contribution in [0.4, 0.5) is 11.4 Å². The van der Waals surface area contributed by atoms with Gasteiger partial charge in [-0.15, -0.1) is 0 Å². The van der Waals surface area contributed by atoms with Crippen molar-refractivity contribution >= 4 is 34.6 Å². The average Bonchev–Trinajstić information content (AvgIpc) is 2.37. The minimum absolute atomic E-state index is 0.575. The molecule has 19 heavy (non-hydrogen) atoms. The minimum Gasteiger partial charge on any atom is -0.353 e. The molecule has 0 aliphatic heterocycles. The molecule has 4 heteroatoms. The van der Waals surface area contributed by atoms with Gasteiger partial charge in [-0.1, -0.05) is 29.3 Å². The van der Waals surface area contributed by atoms with Gasteiger partial charge in [0.15, 0.2) is 0 Å². The van der Waals surface area contributed by atoms with E-state index in [2.05, 4.69) is 11.4 Å². The SMILES string of the molecule is Cc1ccc(Nc2cc(Cl)c(C)cc2Cl)c(C#N)c1. The van der Waals surface area contributed by atoms with Crippen molar-refractivity contribution in [2.75, 3.05) is 5.32 Å². The van der Waals surface area contributed by atoms with Crippen molar-refractivity contribution in [3.63, 3.8) is 0 Å². The zero-order chi connectivity index (χ0) is 14.0. The summed E-state index contributed by atoms with van der Waals surface area (Å²) in [7, 11) is 0. The van der Waals surface area contributed by atoms with Gasteiger partial charge in [-0.2, -0.15) is 5.26 Å². The Morgan fingerprint density at radius 2 is 1.74 bits per heavy atom. The molecule has 96 valence electrons. The summed E-state index contributed by atoms with van der Waals surface area (Å²) in [6.07, 6.45) is 0. The average molecular weight is 291 g/mol. The largest absolute Gasteiger partial charge is 0.353 e. The lowest BCUT2D eigenvalue weighted by atomic mass is 10.1. The molecular formula is C15H12Cl2N2. The molecule has 0 fully saturated rings. The maximum absolute atomic E-state index is 9.14. The van der Waals surface area contributed by atoms with Crippen LogP contribution in [0.15, 0.2) is 30.3 Å². The van der Waals surface area contributed by atoms with Crippen molar-refractivity contribution in [3.8, 4) is 6.07 Å². The van der Waals surface area contributed by atoms with Crippen molar-refractivity contribution in [2.24, 2.45) is 0 Å². The van der Waals surface area contributed by atoms with Crippen LogP contribution in [0, 0.1) is 25.2 Å². The predicted molar refractivity (Wildman–Crippen MR) is 80.4 cm³/mol. The Morgan fingerprint density at radius 1 is 1.00 bits per heavy atom. The number of anilines is 2. The Kier molecular flexibility index (Phi) is 3.99. The quantitative estimate of drug-likeness (QED) is 0.822. The molecule has 0 unspecified atom stereocenters. The molecule has 0 aliphatic carbocycles. The first-order valence-corrected chi connectivity index (χ1v) is 6.50. The summed E-state index contributed by atoms with van der Waals surface area (Å²) in [5.74, 6) is 0. The summed E-state index contributed by atoms with van der Waals surface area (Å²) < 4.78 is 0. The lowest BCUT2D eigenvalue weighted by Gasteiger charge is -2.12. The molecule has 0 atom stereocenters. The van der Waals surface area contributed by atoms with Crippen molar-refractivity contribution < 1.29 is 0 Å². The normalized spacial score (nSPS) is 10.1. The number of halogens is 2. The molecule has 1 N–H and O–H groups in total. The fourth-order valence-corrected chi connectivity index (χ4v) is 2.18. The smallest absolute Gasteiger partial charge is 0.101 e. The maximum atomic E-state index is 9.14. The van der Waals surface area contributed by atoms with Gasteiger partial charge in [0.1, 0.15) is 6.07 Å². The molecule has 0 saturated carbocycles. The van der Waals surface area contributed by atoms with E-state index in [0.29, 0.717) is 21.3 Å². The first-order valence-electron chi connectivity index (χ1n) is 5.74. The topological polar surface area (TPSA) is 35.8 Å². The van der Waals surface area contributed by atoms with Crippen LogP contribution in [-0.2, 0) is 0 Å². The maximum Gasteiger partial charge on any atom is 0.101 e. The molecule has 2 aromatic carbocycles. The molecule has 0 amide bonds. The Morgan fingerprint density at radius 3 is 2.42 bits per heavy atom. The fourth-order valence-electron chi connectivity index (χ4n) is 1.75. The van der Waals surface area contributed by atoms with Crippen LogP contribution >= 0.6 is 23.2 Å². The van der Waals surface area contributed by atoms with Crippen molar-refractivity contribution in [3.05, 3.63) is 57.1 Å². The van der Waals surface area contributed by atoms with E-state index in [1.807, 2.05) is 32.0 Å². The van der Waals surface area contributed by atoms with E-state index in [1.165, 1.54) is 0 Å². The van der Waals surface area contributed by atoms with Crippen LogP contribution in [0.1, 0.15) is 16.7 Å². The number of nitrogens with one attached hydrogen (secondary N) is 1. The Hall–Kier alpha value is -1.69. The van der Waals surface area contributed by atoms with E-state index in [1.54, 1.807) is 12.1 Å². The highest BCUT2D eigenvalue weighted by molar-refractivity contribution is 6.35. The minimum atomic E-state index is 0.575. The number of hydrogen-bond acceptors (Lipinski definition) is 2. The van der Waals surface area contributed by atoms with Gasteiger partial charge in [0.25, 0.3) is 0 Å². The molecule has 0 bridgehead atoms. The zero-order valence-corrected chi connectivity index (χ0v) is 12.1. The second-order valence-electron chi connectivity index (χ2n) is 4.37. The number of aryl methyl sites for hydroxylation is 2. The Balaban J connectivity index is 2.42. The molecule has 2 nitrogen and oxygen atoms in total. The number of nitriles is 1. The predicted octanol–water partition coefficient (Wildman–Crippen LogP) is 5.23. The third kappa shape index (κ3) is 3.01. The molecule has 2 aromatic rings. The molecule has 0 aromatic heterocycles. The number of rotatable bonds is 2. The van der Waals surface area contributed by atoms with Gasteiger partial charge in [-0.05, 0) is 49.2 Å². The third-order valence-corrected chi connectivity index (χ3v) is 3.53. The molecule has 0 spiro atoms. The van der Waals surface area contributed by atoms with E-state index in [4.69, 9.17) is 28.5 Å². The van der Waals surface area contributed by atoms with E-state index < -0.39 is 0 Å². The summed E-state index contributed by atoms with van der Waals surface area (Å²) in [5, 5.41) is 13.5. The van der Waals surface area contributed by atoms with Crippen molar-refractivity contribution in [2.45, 2.75) is 13.8 Å². The fraction of sp³-hybridized carbons (Fsp3) is 0.133. The standard InChI is InChI=1S/C15H12Cl2N2/c1-9-3-4-14(11(5-9)8-18)19-15-7-12(16)10(2)6-13(15)17/h3-7,19H,1-2H3. The Bertz CT molecular complexity index is 673. The lowest BCUT2D eigenvalue weighted by Crippen LogP contribution is -1.95. The zero-order valence-electron chi connectivity index (χ0n) is 10.6. The molecular weight excluding hydrogens is 279 g/mol. The van der Waals surface area contributed by atoms with Gasteiger partial charge in [0.2, 0.25) is 0 Å².